The molecule has 0 radical (unpaired) electrons. The molecule has 2 aromatic carbocycles. The number of carbonyl (C=O) groups is 2. The van der Waals surface area contributed by atoms with Gasteiger partial charge in [-0.25, -0.2) is 4.39 Å². The van der Waals surface area contributed by atoms with Gasteiger partial charge in [-0.3, -0.25) is 9.59 Å². The third-order valence-electron chi connectivity index (χ3n) is 7.50. The Balaban J connectivity index is 1.20. The fourth-order valence-electron chi connectivity index (χ4n) is 5.54. The van der Waals surface area contributed by atoms with Gasteiger partial charge in [0.2, 0.25) is 5.91 Å². The summed E-state index contributed by atoms with van der Waals surface area (Å²) < 4.78 is 26.3. The van der Waals surface area contributed by atoms with Crippen LogP contribution < -0.4 is 4.90 Å². The van der Waals surface area contributed by atoms with Crippen LogP contribution in [0.5, 0.6) is 0 Å². The monoisotopic (exact) mass is 511 g/mol. The molecule has 3 fully saturated rings. The first-order valence-electron chi connectivity index (χ1n) is 13.0. The number of anilines is 1. The average molecular weight is 512 g/mol. The van der Waals surface area contributed by atoms with E-state index in [9.17, 15) is 19.1 Å². The van der Waals surface area contributed by atoms with Gasteiger partial charge in [0.05, 0.1) is 43.4 Å². The molecule has 37 heavy (non-hydrogen) atoms. The van der Waals surface area contributed by atoms with Crippen molar-refractivity contribution in [3.63, 3.8) is 0 Å². The van der Waals surface area contributed by atoms with Crippen LogP contribution in [-0.4, -0.2) is 97.0 Å². The number of hydrogen-bond acceptors (Lipinski definition) is 6. The molecule has 8 nitrogen and oxygen atoms in total. The van der Waals surface area contributed by atoms with Crippen molar-refractivity contribution in [3.05, 3.63) is 66.0 Å². The van der Waals surface area contributed by atoms with E-state index in [2.05, 4.69) is 17.0 Å². The van der Waals surface area contributed by atoms with Crippen LogP contribution in [0, 0.1) is 5.82 Å². The minimum Gasteiger partial charge on any atom is -0.389 e. The lowest BCUT2D eigenvalue weighted by Crippen LogP contribution is -2.58. The Morgan fingerprint density at radius 1 is 0.946 bits per heavy atom. The average Bonchev–Trinajstić information content (AvgIpc) is 2.91. The first-order chi connectivity index (χ1) is 18.0. The second-order valence-electron chi connectivity index (χ2n) is 9.98. The van der Waals surface area contributed by atoms with Crippen LogP contribution in [0.2, 0.25) is 0 Å². The fourth-order valence-corrected chi connectivity index (χ4v) is 5.54. The molecule has 3 aliphatic heterocycles. The molecule has 3 aliphatic rings. The van der Waals surface area contributed by atoms with Crippen LogP contribution in [0.15, 0.2) is 54.6 Å². The molecule has 0 unspecified atom stereocenters. The van der Waals surface area contributed by atoms with Crippen LogP contribution in [0.25, 0.3) is 0 Å². The number of nitrogens with zero attached hydrogens (tertiary/aromatic N) is 3. The van der Waals surface area contributed by atoms with Crippen LogP contribution >= 0.6 is 0 Å². The summed E-state index contributed by atoms with van der Waals surface area (Å²) in [4.78, 5) is 32.1. The zero-order chi connectivity index (χ0) is 25.8. The van der Waals surface area contributed by atoms with Crippen LogP contribution in [-0.2, 0) is 14.3 Å². The summed E-state index contributed by atoms with van der Waals surface area (Å²) in [7, 11) is 0. The highest BCUT2D eigenvalue weighted by Gasteiger charge is 2.41. The summed E-state index contributed by atoms with van der Waals surface area (Å²) in [5, 5.41) is 10.3. The second kappa shape index (κ2) is 11.6. The minimum atomic E-state index is -0.870. The SMILES string of the molecule is O=C(C[C@H]1CC[C@H]2[C@@H](COC[C@@H](O)CN2C(=O)c2ccccc2F)O1)N1CCN(c2ccccc2)CC1. The van der Waals surface area contributed by atoms with Crippen molar-refractivity contribution >= 4 is 17.5 Å². The lowest BCUT2D eigenvalue weighted by molar-refractivity contribution is -0.155. The Morgan fingerprint density at radius 3 is 2.43 bits per heavy atom. The van der Waals surface area contributed by atoms with Gasteiger partial charge in [0, 0.05) is 38.4 Å². The quantitative estimate of drug-likeness (QED) is 0.679. The van der Waals surface area contributed by atoms with E-state index in [0.29, 0.717) is 25.9 Å². The number of para-hydroxylation sites is 1. The molecule has 3 saturated heterocycles. The van der Waals surface area contributed by atoms with Crippen molar-refractivity contribution < 1.29 is 28.6 Å². The highest BCUT2D eigenvalue weighted by atomic mass is 19.1. The molecule has 0 spiro atoms. The maximum Gasteiger partial charge on any atom is 0.257 e. The van der Waals surface area contributed by atoms with E-state index in [4.69, 9.17) is 9.47 Å². The van der Waals surface area contributed by atoms with Crippen molar-refractivity contribution in [2.45, 2.75) is 43.6 Å². The number of aliphatic hydroxyl groups excluding tert-OH is 1. The Hall–Kier alpha value is -3.01. The molecule has 0 aliphatic carbocycles. The minimum absolute atomic E-state index is 0.0260. The van der Waals surface area contributed by atoms with Crippen molar-refractivity contribution in [1.82, 2.24) is 9.80 Å². The van der Waals surface area contributed by atoms with E-state index in [1.807, 2.05) is 23.1 Å². The Kier molecular flexibility index (Phi) is 8.02. The zero-order valence-corrected chi connectivity index (χ0v) is 20.9. The topological polar surface area (TPSA) is 82.5 Å². The highest BCUT2D eigenvalue weighted by Crippen LogP contribution is 2.29. The van der Waals surface area contributed by atoms with Crippen molar-refractivity contribution in [2.75, 3.05) is 50.8 Å². The van der Waals surface area contributed by atoms with E-state index in [-0.39, 0.29) is 49.8 Å². The van der Waals surface area contributed by atoms with Crippen molar-refractivity contribution in [3.8, 4) is 0 Å². The fraction of sp³-hybridized carbons (Fsp3) is 0.500. The number of benzene rings is 2. The molecule has 4 atom stereocenters. The molecule has 9 heteroatoms. The number of halogens is 1. The molecule has 0 aromatic heterocycles. The number of aliphatic hydroxyl groups is 1. The Labute approximate surface area is 216 Å². The maximum absolute atomic E-state index is 14.4. The molecule has 2 amide bonds. The lowest BCUT2D eigenvalue weighted by atomic mass is 9.94. The van der Waals surface area contributed by atoms with E-state index in [1.165, 1.54) is 28.8 Å². The highest BCUT2D eigenvalue weighted by molar-refractivity contribution is 5.94. The van der Waals surface area contributed by atoms with Gasteiger partial charge in [0.25, 0.3) is 5.91 Å². The van der Waals surface area contributed by atoms with Gasteiger partial charge in [-0.2, -0.15) is 0 Å². The van der Waals surface area contributed by atoms with Gasteiger partial charge in [-0.15, -0.1) is 0 Å². The first-order valence-corrected chi connectivity index (χ1v) is 13.0. The normalized spacial score (nSPS) is 26.7. The number of hydrogen-bond donors (Lipinski definition) is 1. The Morgan fingerprint density at radius 2 is 1.68 bits per heavy atom. The van der Waals surface area contributed by atoms with Gasteiger partial charge in [-0.1, -0.05) is 30.3 Å². The summed E-state index contributed by atoms with van der Waals surface area (Å²) in [5.74, 6) is -0.995. The maximum atomic E-state index is 14.4. The predicted octanol–water partition coefficient (Wildman–Crippen LogP) is 2.31. The first kappa shape index (κ1) is 25.6. The number of rotatable bonds is 4. The van der Waals surface area contributed by atoms with Crippen LogP contribution in [0.1, 0.15) is 29.6 Å². The van der Waals surface area contributed by atoms with E-state index in [1.54, 1.807) is 6.07 Å². The lowest BCUT2D eigenvalue weighted by Gasteiger charge is -2.45. The van der Waals surface area contributed by atoms with Crippen LogP contribution in [0.3, 0.4) is 0 Å². The van der Waals surface area contributed by atoms with Crippen molar-refractivity contribution in [1.29, 1.82) is 0 Å². The molecule has 0 saturated carbocycles. The summed E-state index contributed by atoms with van der Waals surface area (Å²) in [6.07, 6.45) is -0.151. The van der Waals surface area contributed by atoms with Gasteiger partial charge >= 0.3 is 0 Å². The summed E-state index contributed by atoms with van der Waals surface area (Å²) in [6.45, 7) is 3.19. The number of fused-ring (bicyclic) bond motifs is 1. The summed E-state index contributed by atoms with van der Waals surface area (Å²) in [6, 6.07) is 15.7. The zero-order valence-electron chi connectivity index (χ0n) is 20.9. The van der Waals surface area contributed by atoms with Crippen LogP contribution in [0.4, 0.5) is 10.1 Å². The smallest absolute Gasteiger partial charge is 0.257 e. The van der Waals surface area contributed by atoms with Gasteiger partial charge < -0.3 is 29.3 Å². The number of ether oxygens (including phenoxy) is 2. The molecular formula is C28H34FN3O5. The number of β-amino-alcohol motifs (C(OH)–C–C–N with tert-alkyl or cyclic N) is 1. The number of piperazine rings is 1. The summed E-state index contributed by atoms with van der Waals surface area (Å²) in [5.41, 5.74) is 1.14. The second-order valence-corrected chi connectivity index (χ2v) is 9.98. The molecule has 2 aromatic rings. The third kappa shape index (κ3) is 5.95. The largest absolute Gasteiger partial charge is 0.389 e. The van der Waals surface area contributed by atoms with Gasteiger partial charge in [0.15, 0.2) is 0 Å². The van der Waals surface area contributed by atoms with Gasteiger partial charge in [0.1, 0.15) is 11.9 Å². The standard InChI is InChI=1S/C28H34FN3O5/c29-24-9-5-4-8-23(24)28(35)32-17-21(33)18-36-19-26-25(32)11-10-22(37-26)16-27(34)31-14-12-30(13-15-31)20-6-2-1-3-7-20/h1-9,21-22,25-26,33H,10-19H2/t21-,22+,25-,26+/m0/s1. The number of carbonyl (C=O) groups excluding carboxylic acids is 2. The Bertz CT molecular complexity index is 1080. The van der Waals surface area contributed by atoms with Gasteiger partial charge in [-0.05, 0) is 37.1 Å². The van der Waals surface area contributed by atoms with E-state index < -0.39 is 23.9 Å². The van der Waals surface area contributed by atoms with E-state index >= 15 is 0 Å². The molecular weight excluding hydrogens is 477 g/mol. The predicted molar refractivity (Wildman–Crippen MR) is 136 cm³/mol. The summed E-state index contributed by atoms with van der Waals surface area (Å²) >= 11 is 0. The third-order valence-corrected chi connectivity index (χ3v) is 7.50. The molecule has 1 N–H and O–H groups in total. The van der Waals surface area contributed by atoms with E-state index in [0.717, 1.165) is 13.1 Å². The van der Waals surface area contributed by atoms with Crippen molar-refractivity contribution in [2.24, 2.45) is 0 Å². The molecule has 3 heterocycles. The molecule has 5 rings (SSSR count). The molecule has 0 bridgehead atoms. The molecule has 198 valence electrons. The number of amides is 2.